The fraction of sp³-hybridized carbons (Fsp3) is 0.130. The number of fused-ring (bicyclic) bond motifs is 1. The Kier molecular flexibility index (Phi) is 4.67. The van der Waals surface area contributed by atoms with E-state index in [2.05, 4.69) is 0 Å². The van der Waals surface area contributed by atoms with Crippen molar-refractivity contribution < 1.29 is 23.7 Å². The first-order chi connectivity index (χ1) is 15.5. The molecule has 9 heteroatoms. The van der Waals surface area contributed by atoms with E-state index in [9.17, 15) is 24.1 Å². The van der Waals surface area contributed by atoms with Gasteiger partial charge in [-0.2, -0.15) is 0 Å². The van der Waals surface area contributed by atoms with Crippen LogP contribution in [-0.2, 0) is 14.4 Å². The highest BCUT2D eigenvalue weighted by atomic mass is 19.1. The van der Waals surface area contributed by atoms with Crippen LogP contribution in [-0.4, -0.2) is 22.8 Å². The first-order valence-corrected chi connectivity index (χ1v) is 9.85. The van der Waals surface area contributed by atoms with E-state index in [0.717, 1.165) is 11.0 Å². The van der Waals surface area contributed by atoms with E-state index >= 15 is 0 Å². The Morgan fingerprint density at radius 2 is 1.53 bits per heavy atom. The standard InChI is InChI=1S/C23H16FN3O5/c24-16-11-5-7-13-18(16)25-22(28)19-20(15-10-4-6-12-17(15)27(30)31)26(32-21(19)23(25)29)14-8-2-1-3-9-14/h1-13,19-21H/t19-,20-,21+/m0/s1. The quantitative estimate of drug-likeness (QED) is 0.353. The average molecular weight is 433 g/mol. The zero-order valence-corrected chi connectivity index (χ0v) is 16.5. The predicted octanol–water partition coefficient (Wildman–Crippen LogP) is 3.79. The minimum atomic E-state index is -1.24. The number of carbonyl (C=O) groups is 2. The number of nitro groups is 1. The topological polar surface area (TPSA) is 93.0 Å². The lowest BCUT2D eigenvalue weighted by atomic mass is 9.89. The molecule has 0 saturated carbocycles. The van der Waals surface area contributed by atoms with Crippen molar-refractivity contribution >= 4 is 28.9 Å². The monoisotopic (exact) mass is 433 g/mol. The molecule has 3 atom stereocenters. The van der Waals surface area contributed by atoms with E-state index < -0.39 is 40.6 Å². The van der Waals surface area contributed by atoms with Crippen LogP contribution in [0.5, 0.6) is 0 Å². The summed E-state index contributed by atoms with van der Waals surface area (Å²) in [7, 11) is 0. The molecule has 2 heterocycles. The molecule has 0 N–H and O–H groups in total. The number of hydroxylamine groups is 1. The molecule has 2 saturated heterocycles. The fourth-order valence-corrected chi connectivity index (χ4v) is 4.30. The highest BCUT2D eigenvalue weighted by Crippen LogP contribution is 2.49. The van der Waals surface area contributed by atoms with Gasteiger partial charge in [0.1, 0.15) is 17.8 Å². The van der Waals surface area contributed by atoms with Crippen LogP contribution in [0.1, 0.15) is 11.6 Å². The van der Waals surface area contributed by atoms with Crippen LogP contribution in [0.3, 0.4) is 0 Å². The van der Waals surface area contributed by atoms with E-state index in [1.165, 1.54) is 41.5 Å². The fourth-order valence-electron chi connectivity index (χ4n) is 4.30. The SMILES string of the molecule is O=C1[C@@H]2[C@@H](ON(c3ccccc3)[C@H]2c2ccccc2[N+](=O)[O-])C(=O)N1c1ccccc1F. The van der Waals surface area contributed by atoms with Gasteiger partial charge in [0, 0.05) is 6.07 Å². The lowest BCUT2D eigenvalue weighted by molar-refractivity contribution is -0.385. The summed E-state index contributed by atoms with van der Waals surface area (Å²) in [4.78, 5) is 44.5. The van der Waals surface area contributed by atoms with Crippen LogP contribution in [0, 0.1) is 21.8 Å². The maximum atomic E-state index is 14.4. The number of hydrogen-bond donors (Lipinski definition) is 0. The number of halogens is 1. The van der Waals surface area contributed by atoms with Crippen molar-refractivity contribution in [3.8, 4) is 0 Å². The van der Waals surface area contributed by atoms with Gasteiger partial charge in [-0.15, -0.1) is 0 Å². The number of amides is 2. The van der Waals surface area contributed by atoms with E-state index in [4.69, 9.17) is 4.84 Å². The molecular weight excluding hydrogens is 417 g/mol. The highest BCUT2D eigenvalue weighted by molar-refractivity contribution is 6.24. The van der Waals surface area contributed by atoms with Gasteiger partial charge in [-0.1, -0.05) is 42.5 Å². The molecule has 2 amide bonds. The van der Waals surface area contributed by atoms with Crippen molar-refractivity contribution in [1.82, 2.24) is 0 Å². The maximum Gasteiger partial charge on any atom is 0.274 e. The van der Waals surface area contributed by atoms with Crippen LogP contribution in [0.15, 0.2) is 78.9 Å². The summed E-state index contributed by atoms with van der Waals surface area (Å²) in [6, 6.07) is 19.2. The van der Waals surface area contributed by atoms with Crippen LogP contribution >= 0.6 is 0 Å². The zero-order chi connectivity index (χ0) is 22.4. The van der Waals surface area contributed by atoms with Crippen LogP contribution in [0.4, 0.5) is 21.5 Å². The second kappa shape index (κ2) is 7.54. The summed E-state index contributed by atoms with van der Waals surface area (Å²) >= 11 is 0. The molecule has 3 aromatic rings. The number of anilines is 2. The van der Waals surface area contributed by atoms with Gasteiger partial charge in [-0.3, -0.25) is 24.5 Å². The van der Waals surface area contributed by atoms with Crippen LogP contribution in [0.2, 0.25) is 0 Å². The summed E-state index contributed by atoms with van der Waals surface area (Å²) in [6.45, 7) is 0. The minimum absolute atomic E-state index is 0.173. The van der Waals surface area contributed by atoms with Gasteiger partial charge < -0.3 is 0 Å². The van der Waals surface area contributed by atoms with Gasteiger partial charge in [-0.25, -0.2) is 14.4 Å². The minimum Gasteiger partial charge on any atom is -0.273 e. The van der Waals surface area contributed by atoms with Gasteiger partial charge in [0.25, 0.3) is 11.6 Å². The van der Waals surface area contributed by atoms with Crippen molar-refractivity contribution in [3.63, 3.8) is 0 Å². The first-order valence-electron chi connectivity index (χ1n) is 9.85. The van der Waals surface area contributed by atoms with E-state index in [1.807, 2.05) is 0 Å². The highest BCUT2D eigenvalue weighted by Gasteiger charge is 2.61. The molecule has 0 aliphatic carbocycles. The Morgan fingerprint density at radius 1 is 0.875 bits per heavy atom. The third kappa shape index (κ3) is 2.94. The first kappa shape index (κ1) is 19.8. The molecule has 0 unspecified atom stereocenters. The number of nitro benzene ring substituents is 1. The number of imide groups is 1. The van der Waals surface area contributed by atoms with E-state index in [0.29, 0.717) is 5.69 Å². The largest absolute Gasteiger partial charge is 0.274 e. The third-order valence-corrected chi connectivity index (χ3v) is 5.67. The molecule has 0 aromatic heterocycles. The molecule has 3 aromatic carbocycles. The van der Waals surface area contributed by atoms with Crippen molar-refractivity contribution in [2.45, 2.75) is 12.1 Å². The van der Waals surface area contributed by atoms with Crippen molar-refractivity contribution in [2.24, 2.45) is 5.92 Å². The number of benzene rings is 3. The van der Waals surface area contributed by atoms with Crippen LogP contribution < -0.4 is 9.96 Å². The van der Waals surface area contributed by atoms with E-state index in [-0.39, 0.29) is 16.9 Å². The molecule has 0 bridgehead atoms. The lowest BCUT2D eigenvalue weighted by Crippen LogP contribution is -2.38. The predicted molar refractivity (Wildman–Crippen MR) is 112 cm³/mol. The third-order valence-electron chi connectivity index (χ3n) is 5.67. The molecule has 0 spiro atoms. The Hall–Kier alpha value is -4.11. The van der Waals surface area contributed by atoms with Crippen molar-refractivity contribution in [3.05, 3.63) is 100 Å². The summed E-state index contributed by atoms with van der Waals surface area (Å²) < 4.78 is 14.4. The number of rotatable bonds is 4. The second-order valence-electron chi connectivity index (χ2n) is 7.44. The molecule has 160 valence electrons. The Morgan fingerprint density at radius 3 is 2.25 bits per heavy atom. The van der Waals surface area contributed by atoms with Gasteiger partial charge >= 0.3 is 0 Å². The maximum absolute atomic E-state index is 14.4. The summed E-state index contributed by atoms with van der Waals surface area (Å²) in [5.41, 5.74) is 0.383. The molecule has 32 heavy (non-hydrogen) atoms. The number of para-hydroxylation sites is 3. The molecule has 0 radical (unpaired) electrons. The molecule has 8 nitrogen and oxygen atoms in total. The molecular formula is C23H16FN3O5. The lowest BCUT2D eigenvalue weighted by Gasteiger charge is -2.28. The second-order valence-corrected chi connectivity index (χ2v) is 7.44. The number of hydrogen-bond acceptors (Lipinski definition) is 6. The smallest absolute Gasteiger partial charge is 0.273 e. The molecule has 2 aliphatic heterocycles. The van der Waals surface area contributed by atoms with Gasteiger partial charge in [0.05, 0.1) is 21.9 Å². The zero-order valence-electron chi connectivity index (χ0n) is 16.5. The normalized spacial score (nSPS) is 22.3. The number of carbonyl (C=O) groups excluding carboxylic acids is 2. The molecule has 2 fully saturated rings. The summed E-state index contributed by atoms with van der Waals surface area (Å²) in [5.74, 6) is -3.21. The molecule has 5 rings (SSSR count). The van der Waals surface area contributed by atoms with Gasteiger partial charge in [0.2, 0.25) is 5.91 Å². The summed E-state index contributed by atoms with van der Waals surface area (Å²) in [6.07, 6.45) is -1.24. The van der Waals surface area contributed by atoms with E-state index in [1.54, 1.807) is 36.4 Å². The Bertz CT molecular complexity index is 1240. The van der Waals surface area contributed by atoms with Crippen LogP contribution in [0.25, 0.3) is 0 Å². The van der Waals surface area contributed by atoms with Crippen molar-refractivity contribution in [1.29, 1.82) is 0 Å². The summed E-state index contributed by atoms with van der Waals surface area (Å²) in [5, 5.41) is 13.1. The average Bonchev–Trinajstić information content (AvgIpc) is 3.31. The molecule has 2 aliphatic rings. The number of nitrogens with zero attached hydrogens (tertiary/aromatic N) is 3. The Labute approximate surface area is 181 Å². The van der Waals surface area contributed by atoms with Crippen molar-refractivity contribution in [2.75, 3.05) is 9.96 Å². The van der Waals surface area contributed by atoms with Gasteiger partial charge in [-0.05, 0) is 30.3 Å². The Balaban J connectivity index is 1.65. The van der Waals surface area contributed by atoms with Gasteiger partial charge in [0.15, 0.2) is 6.10 Å².